The Morgan fingerprint density at radius 3 is 2.54 bits per heavy atom. The van der Waals surface area contributed by atoms with Crippen molar-refractivity contribution in [1.82, 2.24) is 10.3 Å². The molecule has 0 saturated heterocycles. The molecule has 2 amide bonds. The van der Waals surface area contributed by atoms with E-state index in [-0.39, 0.29) is 5.91 Å². The summed E-state index contributed by atoms with van der Waals surface area (Å²) >= 11 is 0. The van der Waals surface area contributed by atoms with Gasteiger partial charge in [-0.2, -0.15) is 0 Å². The molecule has 3 rings (SSSR count). The van der Waals surface area contributed by atoms with E-state index < -0.39 is 6.09 Å². The lowest BCUT2D eigenvalue weighted by Crippen LogP contribution is -2.23. The largest absolute Gasteiger partial charge is 0.453 e. The van der Waals surface area contributed by atoms with Crippen LogP contribution in [0.5, 0.6) is 0 Å². The average molecular weight is 349 g/mol. The summed E-state index contributed by atoms with van der Waals surface area (Å²) in [5.74, 6) is -0.150. The van der Waals surface area contributed by atoms with E-state index in [0.29, 0.717) is 17.8 Å². The zero-order valence-corrected chi connectivity index (χ0v) is 14.6. The van der Waals surface area contributed by atoms with Gasteiger partial charge in [0.15, 0.2) is 0 Å². The lowest BCUT2D eigenvalue weighted by Gasteiger charge is -2.10. The van der Waals surface area contributed by atoms with Gasteiger partial charge < -0.3 is 10.1 Å². The molecule has 26 heavy (non-hydrogen) atoms. The Morgan fingerprint density at radius 2 is 1.81 bits per heavy atom. The van der Waals surface area contributed by atoms with Gasteiger partial charge in [0.1, 0.15) is 0 Å². The number of para-hydroxylation sites is 1. The lowest BCUT2D eigenvalue weighted by atomic mass is 10.1. The third-order valence-electron chi connectivity index (χ3n) is 3.93. The fourth-order valence-corrected chi connectivity index (χ4v) is 2.65. The van der Waals surface area contributed by atoms with Gasteiger partial charge >= 0.3 is 6.09 Å². The average Bonchev–Trinajstić information content (AvgIpc) is 2.66. The monoisotopic (exact) mass is 349 g/mol. The summed E-state index contributed by atoms with van der Waals surface area (Å²) in [5.41, 5.74) is 3.76. The normalized spacial score (nSPS) is 10.4. The van der Waals surface area contributed by atoms with Crippen molar-refractivity contribution < 1.29 is 14.3 Å². The van der Waals surface area contributed by atoms with Gasteiger partial charge in [-0.15, -0.1) is 0 Å². The molecule has 0 aliphatic heterocycles. The number of aryl methyl sites for hydroxylation is 1. The number of hydrogen-bond donors (Lipinski definition) is 2. The number of benzene rings is 2. The second-order valence-corrected chi connectivity index (χ2v) is 5.82. The fourth-order valence-electron chi connectivity index (χ4n) is 2.65. The van der Waals surface area contributed by atoms with Crippen LogP contribution in [0.15, 0.2) is 54.6 Å². The van der Waals surface area contributed by atoms with Crippen LogP contribution in [-0.4, -0.2) is 24.1 Å². The van der Waals surface area contributed by atoms with Gasteiger partial charge in [0.2, 0.25) is 0 Å². The van der Waals surface area contributed by atoms with E-state index in [4.69, 9.17) is 0 Å². The standard InChI is InChI=1S/C20H19N3O3/c1-13-11-17(16-5-3-4-6-18(16)22-13)19(24)21-12-14-7-9-15(10-8-14)23-20(25)26-2/h3-11H,12H2,1-2H3,(H,21,24)(H,23,25). The predicted molar refractivity (Wildman–Crippen MR) is 100 cm³/mol. The van der Waals surface area contributed by atoms with Gasteiger partial charge in [0, 0.05) is 23.3 Å². The first-order valence-corrected chi connectivity index (χ1v) is 8.15. The van der Waals surface area contributed by atoms with Crippen molar-refractivity contribution in [2.75, 3.05) is 12.4 Å². The Hall–Kier alpha value is -3.41. The van der Waals surface area contributed by atoms with E-state index in [1.807, 2.05) is 43.3 Å². The topological polar surface area (TPSA) is 80.3 Å². The summed E-state index contributed by atoms with van der Waals surface area (Å²) in [6, 6.07) is 16.6. The van der Waals surface area contributed by atoms with Crippen LogP contribution in [-0.2, 0) is 11.3 Å². The quantitative estimate of drug-likeness (QED) is 0.753. The number of methoxy groups -OCH3 is 1. The minimum atomic E-state index is -0.522. The molecule has 0 atom stereocenters. The Bertz CT molecular complexity index is 952. The number of nitrogens with zero attached hydrogens (tertiary/aromatic N) is 1. The molecule has 0 aliphatic carbocycles. The number of hydrogen-bond acceptors (Lipinski definition) is 4. The maximum absolute atomic E-state index is 12.6. The fraction of sp³-hybridized carbons (Fsp3) is 0.150. The number of carbonyl (C=O) groups is 2. The van der Waals surface area contributed by atoms with Crippen LogP contribution in [0.4, 0.5) is 10.5 Å². The first kappa shape index (κ1) is 17.4. The molecular weight excluding hydrogens is 330 g/mol. The highest BCUT2D eigenvalue weighted by Gasteiger charge is 2.11. The maximum Gasteiger partial charge on any atom is 0.411 e. The number of fused-ring (bicyclic) bond motifs is 1. The number of pyridine rings is 1. The number of carbonyl (C=O) groups excluding carboxylic acids is 2. The molecule has 2 aromatic carbocycles. The predicted octanol–water partition coefficient (Wildman–Crippen LogP) is 3.65. The van der Waals surface area contributed by atoms with Gasteiger partial charge in [-0.05, 0) is 36.8 Å². The van der Waals surface area contributed by atoms with E-state index in [0.717, 1.165) is 22.2 Å². The van der Waals surface area contributed by atoms with Gasteiger partial charge in [-0.3, -0.25) is 15.1 Å². The molecule has 0 fully saturated rings. The van der Waals surface area contributed by atoms with Crippen molar-refractivity contribution in [3.8, 4) is 0 Å². The Morgan fingerprint density at radius 1 is 1.08 bits per heavy atom. The van der Waals surface area contributed by atoms with Gasteiger partial charge in [0.05, 0.1) is 18.2 Å². The highest BCUT2D eigenvalue weighted by molar-refractivity contribution is 6.06. The van der Waals surface area contributed by atoms with E-state index in [2.05, 4.69) is 20.4 Å². The molecule has 0 unspecified atom stereocenters. The second kappa shape index (κ2) is 7.65. The smallest absolute Gasteiger partial charge is 0.411 e. The zero-order chi connectivity index (χ0) is 18.5. The van der Waals surface area contributed by atoms with Gasteiger partial charge in [-0.25, -0.2) is 4.79 Å². The SMILES string of the molecule is COC(=O)Nc1ccc(CNC(=O)c2cc(C)nc3ccccc23)cc1. The minimum Gasteiger partial charge on any atom is -0.453 e. The summed E-state index contributed by atoms with van der Waals surface area (Å²) in [5, 5.41) is 6.33. The van der Waals surface area contributed by atoms with Crippen molar-refractivity contribution >= 4 is 28.6 Å². The van der Waals surface area contributed by atoms with Crippen molar-refractivity contribution in [2.24, 2.45) is 0 Å². The van der Waals surface area contributed by atoms with E-state index in [1.165, 1.54) is 7.11 Å². The van der Waals surface area contributed by atoms with Crippen molar-refractivity contribution in [3.63, 3.8) is 0 Å². The van der Waals surface area contributed by atoms with Crippen LogP contribution < -0.4 is 10.6 Å². The van der Waals surface area contributed by atoms with E-state index >= 15 is 0 Å². The Labute approximate surface area is 151 Å². The molecule has 0 spiro atoms. The van der Waals surface area contributed by atoms with Gasteiger partial charge in [-0.1, -0.05) is 30.3 Å². The minimum absolute atomic E-state index is 0.150. The Balaban J connectivity index is 1.70. The molecule has 1 heterocycles. The molecule has 0 radical (unpaired) electrons. The maximum atomic E-state index is 12.6. The van der Waals surface area contributed by atoms with Crippen LogP contribution >= 0.6 is 0 Å². The number of anilines is 1. The summed E-state index contributed by atoms with van der Waals surface area (Å²) in [4.78, 5) is 28.3. The van der Waals surface area contributed by atoms with Crippen molar-refractivity contribution in [2.45, 2.75) is 13.5 Å². The summed E-state index contributed by atoms with van der Waals surface area (Å²) in [6.07, 6.45) is -0.522. The molecular formula is C20H19N3O3. The van der Waals surface area contributed by atoms with Crippen LogP contribution in [0.3, 0.4) is 0 Å². The molecule has 2 N–H and O–H groups in total. The first-order valence-electron chi connectivity index (χ1n) is 8.15. The zero-order valence-electron chi connectivity index (χ0n) is 14.6. The second-order valence-electron chi connectivity index (χ2n) is 5.82. The Kier molecular flexibility index (Phi) is 5.12. The lowest BCUT2D eigenvalue weighted by molar-refractivity contribution is 0.0952. The molecule has 3 aromatic rings. The van der Waals surface area contributed by atoms with Gasteiger partial charge in [0.25, 0.3) is 5.91 Å². The molecule has 0 saturated carbocycles. The molecule has 0 aliphatic rings. The van der Waals surface area contributed by atoms with Crippen LogP contribution in [0.1, 0.15) is 21.6 Å². The third-order valence-corrected chi connectivity index (χ3v) is 3.93. The van der Waals surface area contributed by atoms with E-state index in [1.54, 1.807) is 18.2 Å². The molecule has 132 valence electrons. The summed E-state index contributed by atoms with van der Waals surface area (Å²) < 4.78 is 4.54. The van der Waals surface area contributed by atoms with Crippen molar-refractivity contribution in [1.29, 1.82) is 0 Å². The highest BCUT2D eigenvalue weighted by Crippen LogP contribution is 2.18. The van der Waals surface area contributed by atoms with E-state index in [9.17, 15) is 9.59 Å². The molecule has 6 heteroatoms. The van der Waals surface area contributed by atoms with Crippen LogP contribution in [0.2, 0.25) is 0 Å². The first-order chi connectivity index (χ1) is 12.6. The summed E-state index contributed by atoms with van der Waals surface area (Å²) in [7, 11) is 1.31. The third kappa shape index (κ3) is 3.97. The number of rotatable bonds is 4. The number of aromatic nitrogens is 1. The van der Waals surface area contributed by atoms with Crippen LogP contribution in [0.25, 0.3) is 10.9 Å². The van der Waals surface area contributed by atoms with Crippen LogP contribution in [0, 0.1) is 6.92 Å². The molecule has 1 aromatic heterocycles. The number of amides is 2. The highest BCUT2D eigenvalue weighted by atomic mass is 16.5. The molecule has 6 nitrogen and oxygen atoms in total. The number of nitrogens with one attached hydrogen (secondary N) is 2. The molecule has 0 bridgehead atoms. The van der Waals surface area contributed by atoms with Crippen molar-refractivity contribution in [3.05, 3.63) is 71.4 Å². The number of ether oxygens (including phenoxy) is 1. The summed E-state index contributed by atoms with van der Waals surface area (Å²) in [6.45, 7) is 2.25.